The van der Waals surface area contributed by atoms with Gasteiger partial charge in [-0.2, -0.15) is 0 Å². The van der Waals surface area contributed by atoms with Gasteiger partial charge in [-0.25, -0.2) is 4.39 Å². The third kappa shape index (κ3) is 2.69. The van der Waals surface area contributed by atoms with E-state index in [1.165, 1.54) is 22.9 Å². The van der Waals surface area contributed by atoms with Crippen molar-refractivity contribution in [2.45, 2.75) is 38.6 Å². The maximum atomic E-state index is 13.2. The first-order chi connectivity index (χ1) is 9.61. The average molecular weight is 269 g/mol. The summed E-state index contributed by atoms with van der Waals surface area (Å²) in [7, 11) is 0. The first kappa shape index (κ1) is 13.2. The summed E-state index contributed by atoms with van der Waals surface area (Å²) < 4.78 is 13.2. The molecule has 0 amide bonds. The predicted octanol–water partition coefficient (Wildman–Crippen LogP) is 4.80. The first-order valence-electron chi connectivity index (χ1n) is 7.21. The second kappa shape index (κ2) is 5.28. The molecule has 104 valence electrons. The van der Waals surface area contributed by atoms with Crippen molar-refractivity contribution in [3.63, 3.8) is 0 Å². The van der Waals surface area contributed by atoms with E-state index in [0.29, 0.717) is 12.0 Å². The summed E-state index contributed by atoms with van der Waals surface area (Å²) in [6.07, 6.45) is 2.16. The van der Waals surface area contributed by atoms with Crippen LogP contribution in [0.5, 0.6) is 0 Å². The van der Waals surface area contributed by atoms with Crippen LogP contribution in [-0.2, 0) is 0 Å². The number of benzene rings is 2. The van der Waals surface area contributed by atoms with Crippen LogP contribution in [0.3, 0.4) is 0 Å². The second-order valence-corrected chi connectivity index (χ2v) is 5.86. The van der Waals surface area contributed by atoms with E-state index in [-0.39, 0.29) is 5.82 Å². The van der Waals surface area contributed by atoms with Crippen LogP contribution >= 0.6 is 0 Å². The van der Waals surface area contributed by atoms with Crippen molar-refractivity contribution in [3.8, 4) is 0 Å². The molecule has 0 spiro atoms. The van der Waals surface area contributed by atoms with Crippen LogP contribution in [0.1, 0.15) is 35.4 Å². The van der Waals surface area contributed by atoms with Crippen molar-refractivity contribution < 1.29 is 4.39 Å². The second-order valence-electron chi connectivity index (χ2n) is 5.86. The Labute approximate surface area is 119 Å². The summed E-state index contributed by atoms with van der Waals surface area (Å²) in [6.45, 7) is 4.26. The highest BCUT2D eigenvalue weighted by Crippen LogP contribution is 2.38. The molecule has 0 heterocycles. The van der Waals surface area contributed by atoms with Gasteiger partial charge in [0.05, 0.1) is 0 Å². The number of rotatable bonds is 3. The van der Waals surface area contributed by atoms with Crippen LogP contribution in [0, 0.1) is 19.7 Å². The molecule has 2 aromatic carbocycles. The van der Waals surface area contributed by atoms with Crippen molar-refractivity contribution in [1.29, 1.82) is 0 Å². The zero-order valence-corrected chi connectivity index (χ0v) is 12.0. The number of halogens is 1. The molecular formula is C18H20FN. The van der Waals surface area contributed by atoms with Gasteiger partial charge in [0.2, 0.25) is 0 Å². The van der Waals surface area contributed by atoms with Gasteiger partial charge in [-0.15, -0.1) is 0 Å². The van der Waals surface area contributed by atoms with Crippen molar-refractivity contribution in [2.75, 3.05) is 5.32 Å². The average Bonchev–Trinajstić information content (AvgIpc) is 2.37. The quantitative estimate of drug-likeness (QED) is 0.844. The van der Waals surface area contributed by atoms with Crippen molar-refractivity contribution in [2.24, 2.45) is 0 Å². The molecule has 1 aliphatic rings. The smallest absolute Gasteiger partial charge is 0.123 e. The molecule has 0 atom stereocenters. The van der Waals surface area contributed by atoms with Crippen LogP contribution in [0.15, 0.2) is 42.5 Å². The highest BCUT2D eigenvalue weighted by atomic mass is 19.1. The van der Waals surface area contributed by atoms with E-state index >= 15 is 0 Å². The maximum absolute atomic E-state index is 13.2. The molecular weight excluding hydrogens is 249 g/mol. The Bertz CT molecular complexity index is 615. The minimum Gasteiger partial charge on any atom is -0.382 e. The third-order valence-electron chi connectivity index (χ3n) is 4.34. The highest BCUT2D eigenvalue weighted by Gasteiger charge is 2.30. The zero-order valence-electron chi connectivity index (χ0n) is 12.0. The molecule has 0 saturated heterocycles. The molecule has 3 rings (SSSR count). The van der Waals surface area contributed by atoms with Crippen molar-refractivity contribution in [3.05, 3.63) is 65.0 Å². The van der Waals surface area contributed by atoms with Gasteiger partial charge < -0.3 is 5.32 Å². The fraction of sp³-hybridized carbons (Fsp3) is 0.333. The number of aryl methyl sites for hydroxylation is 2. The largest absolute Gasteiger partial charge is 0.382 e. The van der Waals surface area contributed by atoms with E-state index < -0.39 is 0 Å². The topological polar surface area (TPSA) is 12.0 Å². The van der Waals surface area contributed by atoms with Gasteiger partial charge in [-0.05, 0) is 73.6 Å². The molecule has 0 bridgehead atoms. The number of hydrogen-bond acceptors (Lipinski definition) is 1. The van der Waals surface area contributed by atoms with Crippen LogP contribution < -0.4 is 5.32 Å². The fourth-order valence-electron chi connectivity index (χ4n) is 2.84. The van der Waals surface area contributed by atoms with Crippen LogP contribution in [-0.4, -0.2) is 6.04 Å². The summed E-state index contributed by atoms with van der Waals surface area (Å²) in [5.74, 6) is 0.364. The maximum Gasteiger partial charge on any atom is 0.123 e. The number of hydrogen-bond donors (Lipinski definition) is 1. The minimum atomic E-state index is -0.131. The van der Waals surface area contributed by atoms with Crippen LogP contribution in [0.4, 0.5) is 10.1 Å². The van der Waals surface area contributed by atoms with E-state index in [1.54, 1.807) is 12.1 Å². The first-order valence-corrected chi connectivity index (χ1v) is 7.21. The number of nitrogens with one attached hydrogen (secondary N) is 1. The fourth-order valence-corrected chi connectivity index (χ4v) is 2.84. The van der Waals surface area contributed by atoms with E-state index in [1.807, 2.05) is 6.07 Å². The number of anilines is 1. The summed E-state index contributed by atoms with van der Waals surface area (Å²) in [5.41, 5.74) is 4.96. The Hall–Kier alpha value is -1.83. The van der Waals surface area contributed by atoms with Crippen LogP contribution in [0.2, 0.25) is 0 Å². The monoisotopic (exact) mass is 269 g/mol. The van der Waals surface area contributed by atoms with Crippen LogP contribution in [0.25, 0.3) is 0 Å². The third-order valence-corrected chi connectivity index (χ3v) is 4.34. The highest BCUT2D eigenvalue weighted by molar-refractivity contribution is 5.49. The standard InChI is InChI=1S/C18H20FN/c1-12-6-7-17(8-13(12)2)20-18-10-15(11-18)14-4-3-5-16(19)9-14/h3-9,15,18,20H,10-11H2,1-2H3. The summed E-state index contributed by atoms with van der Waals surface area (Å²) in [5, 5.41) is 3.57. The lowest BCUT2D eigenvalue weighted by molar-refractivity contribution is 0.373. The minimum absolute atomic E-state index is 0.131. The summed E-state index contributed by atoms with van der Waals surface area (Å²) in [4.78, 5) is 0. The lowest BCUT2D eigenvalue weighted by Crippen LogP contribution is -2.34. The van der Waals surface area contributed by atoms with Gasteiger partial charge >= 0.3 is 0 Å². The van der Waals surface area contributed by atoms with Gasteiger partial charge in [0.15, 0.2) is 0 Å². The molecule has 0 radical (unpaired) electrons. The Morgan fingerprint density at radius 1 is 1.00 bits per heavy atom. The van der Waals surface area contributed by atoms with E-state index in [2.05, 4.69) is 37.4 Å². The van der Waals surface area contributed by atoms with Gasteiger partial charge in [0, 0.05) is 11.7 Å². The molecule has 2 aromatic rings. The molecule has 1 nitrogen and oxygen atoms in total. The Morgan fingerprint density at radius 2 is 1.80 bits per heavy atom. The van der Waals surface area contributed by atoms with Crippen molar-refractivity contribution in [1.82, 2.24) is 0 Å². The van der Waals surface area contributed by atoms with Gasteiger partial charge in [0.25, 0.3) is 0 Å². The molecule has 0 aromatic heterocycles. The molecule has 20 heavy (non-hydrogen) atoms. The van der Waals surface area contributed by atoms with E-state index in [4.69, 9.17) is 0 Å². The summed E-state index contributed by atoms with van der Waals surface area (Å²) >= 11 is 0. The lowest BCUT2D eigenvalue weighted by atomic mass is 9.76. The lowest BCUT2D eigenvalue weighted by Gasteiger charge is -2.37. The normalized spacial score (nSPS) is 21.4. The Balaban J connectivity index is 1.59. The molecule has 1 N–H and O–H groups in total. The summed E-state index contributed by atoms with van der Waals surface area (Å²) in [6, 6.07) is 14.0. The molecule has 0 unspecified atom stereocenters. The Kier molecular flexibility index (Phi) is 3.47. The zero-order chi connectivity index (χ0) is 14.1. The predicted molar refractivity (Wildman–Crippen MR) is 81.7 cm³/mol. The van der Waals surface area contributed by atoms with Gasteiger partial charge in [0.1, 0.15) is 5.82 Å². The molecule has 0 aliphatic heterocycles. The van der Waals surface area contributed by atoms with Gasteiger partial charge in [-0.3, -0.25) is 0 Å². The van der Waals surface area contributed by atoms with Crippen molar-refractivity contribution >= 4 is 5.69 Å². The molecule has 1 aliphatic carbocycles. The van der Waals surface area contributed by atoms with Gasteiger partial charge in [-0.1, -0.05) is 18.2 Å². The molecule has 2 heteroatoms. The molecule has 1 saturated carbocycles. The van der Waals surface area contributed by atoms with E-state index in [9.17, 15) is 4.39 Å². The Morgan fingerprint density at radius 3 is 2.50 bits per heavy atom. The molecule has 1 fully saturated rings. The SMILES string of the molecule is Cc1ccc(NC2CC(c3cccc(F)c3)C2)cc1C. The van der Waals surface area contributed by atoms with E-state index in [0.717, 1.165) is 18.4 Å².